The van der Waals surface area contributed by atoms with Gasteiger partial charge >= 0.3 is 0 Å². The molecule has 6 nitrogen and oxygen atoms in total. The Morgan fingerprint density at radius 3 is 1.35 bits per heavy atom. The zero-order valence-electron chi connectivity index (χ0n) is 19.4. The first-order chi connectivity index (χ1) is 13.9. The summed E-state index contributed by atoms with van der Waals surface area (Å²) < 4.78 is 0. The van der Waals surface area contributed by atoms with Crippen LogP contribution in [0.4, 0.5) is 9.41 Å². The third-order valence-electron chi connectivity index (χ3n) is 5.46. The van der Waals surface area contributed by atoms with Crippen molar-refractivity contribution in [3.05, 3.63) is 11.4 Å². The van der Waals surface area contributed by atoms with Gasteiger partial charge in [-0.15, -0.1) is 0 Å². The highest BCUT2D eigenvalue weighted by atomic mass is 19.0. The van der Waals surface area contributed by atoms with Gasteiger partial charge < -0.3 is 26.8 Å². The van der Waals surface area contributed by atoms with E-state index in [1.165, 1.54) is 77.0 Å². The molecule has 0 heterocycles. The predicted molar refractivity (Wildman–Crippen MR) is 124 cm³/mol. The molecule has 8 heteroatoms. The van der Waals surface area contributed by atoms with Crippen molar-refractivity contribution in [1.82, 2.24) is 0 Å². The van der Waals surface area contributed by atoms with Gasteiger partial charge in [0.1, 0.15) is 11.9 Å². The summed E-state index contributed by atoms with van der Waals surface area (Å²) in [7, 11) is 0. The Morgan fingerprint density at radius 2 is 1.03 bits per heavy atom. The zero-order valence-corrected chi connectivity index (χ0v) is 19.4. The summed E-state index contributed by atoms with van der Waals surface area (Å²) in [6.45, 7) is 2.26. The molecule has 0 aromatic carbocycles. The van der Waals surface area contributed by atoms with Crippen molar-refractivity contribution in [1.29, 1.82) is 0 Å². The first kappa shape index (κ1) is 34.4. The van der Waals surface area contributed by atoms with E-state index in [4.69, 9.17) is 21.7 Å². The summed E-state index contributed by atoms with van der Waals surface area (Å²) in [4.78, 5) is 12.0. The molecule has 1 atom stereocenters. The van der Waals surface area contributed by atoms with Gasteiger partial charge in [-0.05, 0) is 6.42 Å². The maximum Gasteiger partial charge on any atom is 0.182 e. The largest absolute Gasteiger partial charge is 0.386 e. The van der Waals surface area contributed by atoms with Crippen LogP contribution in [0.3, 0.4) is 0 Å². The molecular weight excluding hydrogens is 406 g/mol. The van der Waals surface area contributed by atoms with E-state index < -0.39 is 12.4 Å². The Balaban J connectivity index is -0.00000392. The zero-order chi connectivity index (χ0) is 21.9. The molecule has 31 heavy (non-hydrogen) atoms. The van der Waals surface area contributed by atoms with Crippen LogP contribution < -0.4 is 11.5 Å². The highest BCUT2D eigenvalue weighted by molar-refractivity contribution is 5.81. The van der Waals surface area contributed by atoms with Crippen LogP contribution >= 0.6 is 0 Å². The van der Waals surface area contributed by atoms with Gasteiger partial charge in [0.2, 0.25) is 0 Å². The molecule has 0 aromatic rings. The van der Waals surface area contributed by atoms with E-state index in [1.807, 2.05) is 0 Å². The van der Waals surface area contributed by atoms with Crippen molar-refractivity contribution in [3.8, 4) is 0 Å². The first-order valence-electron chi connectivity index (χ1n) is 11.7. The molecule has 1 unspecified atom stereocenters. The first-order valence-corrected chi connectivity index (χ1v) is 11.7. The van der Waals surface area contributed by atoms with E-state index in [-0.39, 0.29) is 33.0 Å². The fourth-order valence-corrected chi connectivity index (χ4v) is 3.55. The van der Waals surface area contributed by atoms with Crippen LogP contribution in [0.2, 0.25) is 0 Å². The fraction of sp³-hybridized carbons (Fsp3) is 0.870. The lowest BCUT2D eigenvalue weighted by molar-refractivity contribution is -0.121. The van der Waals surface area contributed by atoms with Crippen molar-refractivity contribution in [2.75, 3.05) is 0 Å². The third kappa shape index (κ3) is 20.4. The molecule has 0 fully saturated rings. The monoisotopic (exact) mass is 454 g/mol. The predicted octanol–water partition coefficient (Wildman–Crippen LogP) is 4.31. The number of carbonyl (C=O) groups is 1. The second-order valence-corrected chi connectivity index (χ2v) is 8.25. The van der Waals surface area contributed by atoms with Gasteiger partial charge in [0.05, 0.1) is 5.82 Å². The minimum absolute atomic E-state index is 0. The van der Waals surface area contributed by atoms with Crippen molar-refractivity contribution < 1.29 is 29.5 Å². The average molecular weight is 455 g/mol. The minimum Gasteiger partial charge on any atom is -0.386 e. The number of unbranched alkanes of at least 4 members (excludes halogenated alkanes) is 14. The number of Topliss-reactive ketones (excluding diaryl/α,β-unsaturated/α-hetero) is 1. The number of ketones is 1. The molecule has 0 aliphatic heterocycles. The van der Waals surface area contributed by atoms with E-state index >= 15 is 0 Å². The van der Waals surface area contributed by atoms with Gasteiger partial charge in [0, 0.05) is 18.4 Å². The SMILES string of the molecule is CCCCCCCCCCCCCCCCCC(=O)CC(=C(N)N)C(O)C(O)O.F.F. The van der Waals surface area contributed by atoms with Gasteiger partial charge in [-0.2, -0.15) is 0 Å². The molecule has 0 aromatic heterocycles. The lowest BCUT2D eigenvalue weighted by Gasteiger charge is -2.17. The summed E-state index contributed by atoms with van der Waals surface area (Å²) >= 11 is 0. The quantitative estimate of drug-likeness (QED) is 0.138. The molecule has 0 amide bonds. The van der Waals surface area contributed by atoms with Gasteiger partial charge in [0.15, 0.2) is 6.29 Å². The minimum atomic E-state index is -1.99. The lowest BCUT2D eigenvalue weighted by Crippen LogP contribution is -2.32. The molecule has 0 saturated heterocycles. The summed E-state index contributed by atoms with van der Waals surface area (Å²) in [5.41, 5.74) is 10.9. The number of aliphatic hydroxyl groups excluding tert-OH is 2. The molecule has 188 valence electrons. The Morgan fingerprint density at radius 1 is 0.677 bits per heavy atom. The Bertz CT molecular complexity index is 445. The summed E-state index contributed by atoms with van der Waals surface area (Å²) in [6, 6.07) is 0. The number of rotatable bonds is 20. The van der Waals surface area contributed by atoms with E-state index in [0.717, 1.165) is 19.3 Å². The second kappa shape index (κ2) is 23.4. The van der Waals surface area contributed by atoms with Crippen LogP contribution in [0.25, 0.3) is 0 Å². The average Bonchev–Trinajstić information content (AvgIpc) is 2.68. The number of hydrogen-bond donors (Lipinski definition) is 5. The van der Waals surface area contributed by atoms with Crippen molar-refractivity contribution in [2.45, 2.75) is 128 Å². The van der Waals surface area contributed by atoms with Gasteiger partial charge in [-0.1, -0.05) is 96.8 Å². The van der Waals surface area contributed by atoms with Gasteiger partial charge in [0.25, 0.3) is 0 Å². The Kier molecular flexibility index (Phi) is 26.0. The second-order valence-electron chi connectivity index (χ2n) is 8.25. The Labute approximate surface area is 187 Å². The molecular formula is C23H48F2N2O4. The van der Waals surface area contributed by atoms with Crippen LogP contribution in [0.15, 0.2) is 11.4 Å². The molecule has 0 aliphatic rings. The fourth-order valence-electron chi connectivity index (χ4n) is 3.55. The number of aliphatic hydroxyl groups is 3. The maximum absolute atomic E-state index is 12.0. The number of hydrogen-bond acceptors (Lipinski definition) is 6. The molecule has 0 radical (unpaired) electrons. The molecule has 7 N–H and O–H groups in total. The number of carbonyl (C=O) groups excluding carboxylic acids is 1. The van der Waals surface area contributed by atoms with Crippen LogP contribution in [-0.2, 0) is 4.79 Å². The number of nitrogens with two attached hydrogens (primary N) is 2. The van der Waals surface area contributed by atoms with E-state index in [9.17, 15) is 9.90 Å². The van der Waals surface area contributed by atoms with Crippen LogP contribution in [0.1, 0.15) is 116 Å². The van der Waals surface area contributed by atoms with Crippen LogP contribution in [-0.4, -0.2) is 33.5 Å². The standard InChI is InChI=1S/C23H46N2O4.2FH/c1-2-3-4-5-6-7-8-9-10-11-12-13-14-15-16-17-19(26)18-20(22(24)25)21(27)23(28)29;;/h21,23,27-29H,2-18,24-25H2,1H3;2*1H. The molecule has 0 saturated carbocycles. The smallest absolute Gasteiger partial charge is 0.182 e. The molecule has 0 aliphatic carbocycles. The number of halogens is 2. The van der Waals surface area contributed by atoms with Gasteiger partial charge in [-0.3, -0.25) is 14.2 Å². The topological polar surface area (TPSA) is 130 Å². The third-order valence-corrected chi connectivity index (χ3v) is 5.46. The highest BCUT2D eigenvalue weighted by Gasteiger charge is 2.22. The van der Waals surface area contributed by atoms with Crippen molar-refractivity contribution in [3.63, 3.8) is 0 Å². The normalized spacial score (nSPS) is 11.5. The van der Waals surface area contributed by atoms with E-state index in [2.05, 4.69) is 6.92 Å². The van der Waals surface area contributed by atoms with Crippen molar-refractivity contribution in [2.24, 2.45) is 11.5 Å². The summed E-state index contributed by atoms with van der Waals surface area (Å²) in [5, 5.41) is 27.7. The summed E-state index contributed by atoms with van der Waals surface area (Å²) in [5.74, 6) is -0.321. The van der Waals surface area contributed by atoms with E-state index in [0.29, 0.717) is 6.42 Å². The van der Waals surface area contributed by atoms with E-state index in [1.54, 1.807) is 0 Å². The molecule has 0 rings (SSSR count). The van der Waals surface area contributed by atoms with Crippen molar-refractivity contribution >= 4 is 5.78 Å². The molecule has 0 spiro atoms. The maximum atomic E-state index is 12.0. The van der Waals surface area contributed by atoms with Gasteiger partial charge in [-0.25, -0.2) is 0 Å². The highest BCUT2D eigenvalue weighted by Crippen LogP contribution is 2.16. The lowest BCUT2D eigenvalue weighted by atomic mass is 9.99. The summed E-state index contributed by atoms with van der Waals surface area (Å²) in [6.07, 6.45) is 15.7. The molecule has 0 bridgehead atoms. The Hall–Kier alpha value is -1.25. The van der Waals surface area contributed by atoms with Crippen LogP contribution in [0.5, 0.6) is 0 Å². The van der Waals surface area contributed by atoms with Crippen LogP contribution in [0, 0.1) is 0 Å².